The fourth-order valence-electron chi connectivity index (χ4n) is 2.49. The standard InChI is InChI=1S/C19H22BrN5O2/c1-24(2)17(26)12-25(3)8-9-27-15-6-4-13(5-7-15)18-22-16-10-14(20)11-21-19(16)23-18/h4-7,10-11H,8-9,12H2,1-3H3,(H,21,22,23). The average Bonchev–Trinajstić information content (AvgIpc) is 3.05. The first-order chi connectivity index (χ1) is 12.9. The summed E-state index contributed by atoms with van der Waals surface area (Å²) in [5.41, 5.74) is 2.53. The van der Waals surface area contributed by atoms with Gasteiger partial charge in [0.2, 0.25) is 5.91 Å². The summed E-state index contributed by atoms with van der Waals surface area (Å²) < 4.78 is 6.68. The molecular weight excluding hydrogens is 410 g/mol. The maximum atomic E-state index is 11.7. The Hall–Kier alpha value is -2.45. The highest BCUT2D eigenvalue weighted by atomic mass is 79.9. The van der Waals surface area contributed by atoms with Crippen LogP contribution in [0.2, 0.25) is 0 Å². The number of pyridine rings is 1. The summed E-state index contributed by atoms with van der Waals surface area (Å²) in [6.07, 6.45) is 1.73. The quantitative estimate of drug-likeness (QED) is 0.622. The Kier molecular flexibility index (Phi) is 6.08. The van der Waals surface area contributed by atoms with Crippen molar-refractivity contribution in [3.8, 4) is 17.1 Å². The molecule has 2 heterocycles. The lowest BCUT2D eigenvalue weighted by Crippen LogP contribution is -2.36. The number of fused-ring (bicyclic) bond motifs is 1. The number of benzene rings is 1. The molecule has 3 rings (SSSR count). The third-order valence-corrected chi connectivity index (χ3v) is 4.51. The number of carbonyl (C=O) groups excluding carboxylic acids is 1. The minimum atomic E-state index is 0.0780. The average molecular weight is 432 g/mol. The monoisotopic (exact) mass is 431 g/mol. The molecule has 27 heavy (non-hydrogen) atoms. The predicted octanol–water partition coefficient (Wildman–Crippen LogP) is 2.79. The van der Waals surface area contributed by atoms with Crippen LogP contribution in [0.5, 0.6) is 5.75 Å². The van der Waals surface area contributed by atoms with Crippen molar-refractivity contribution < 1.29 is 9.53 Å². The maximum Gasteiger partial charge on any atom is 0.236 e. The van der Waals surface area contributed by atoms with Crippen LogP contribution in [-0.2, 0) is 4.79 Å². The van der Waals surface area contributed by atoms with Gasteiger partial charge in [-0.1, -0.05) is 0 Å². The van der Waals surface area contributed by atoms with E-state index >= 15 is 0 Å². The van der Waals surface area contributed by atoms with Gasteiger partial charge in [-0.25, -0.2) is 9.97 Å². The maximum absolute atomic E-state index is 11.7. The second-order valence-corrected chi connectivity index (χ2v) is 7.42. The molecule has 1 N–H and O–H groups in total. The fraction of sp³-hybridized carbons (Fsp3) is 0.316. The molecule has 0 atom stereocenters. The first kappa shape index (κ1) is 19.3. The molecule has 2 aromatic heterocycles. The summed E-state index contributed by atoms with van der Waals surface area (Å²) >= 11 is 3.41. The lowest BCUT2D eigenvalue weighted by molar-refractivity contribution is -0.129. The van der Waals surface area contributed by atoms with Crippen molar-refractivity contribution in [3.63, 3.8) is 0 Å². The Balaban J connectivity index is 1.56. The molecule has 0 aliphatic heterocycles. The van der Waals surface area contributed by atoms with Crippen LogP contribution in [0.4, 0.5) is 0 Å². The van der Waals surface area contributed by atoms with Crippen LogP contribution in [0.1, 0.15) is 0 Å². The van der Waals surface area contributed by atoms with E-state index in [1.54, 1.807) is 25.2 Å². The van der Waals surface area contributed by atoms with Gasteiger partial charge in [-0.15, -0.1) is 0 Å². The van der Waals surface area contributed by atoms with Gasteiger partial charge < -0.3 is 14.6 Å². The largest absolute Gasteiger partial charge is 0.492 e. The molecule has 0 radical (unpaired) electrons. The number of H-pyrrole nitrogens is 1. The molecular formula is C19H22BrN5O2. The topological polar surface area (TPSA) is 74.3 Å². The van der Waals surface area contributed by atoms with Crippen LogP contribution in [0.25, 0.3) is 22.6 Å². The molecule has 0 unspecified atom stereocenters. The van der Waals surface area contributed by atoms with Crippen LogP contribution >= 0.6 is 15.9 Å². The number of amides is 1. The van der Waals surface area contributed by atoms with E-state index in [1.807, 2.05) is 42.3 Å². The summed E-state index contributed by atoms with van der Waals surface area (Å²) in [6.45, 7) is 1.57. The summed E-state index contributed by atoms with van der Waals surface area (Å²) in [6, 6.07) is 9.70. The highest BCUT2D eigenvalue weighted by molar-refractivity contribution is 9.10. The number of ether oxygens (including phenoxy) is 1. The van der Waals surface area contributed by atoms with E-state index in [-0.39, 0.29) is 5.91 Å². The third kappa shape index (κ3) is 5.05. The van der Waals surface area contributed by atoms with E-state index < -0.39 is 0 Å². The van der Waals surface area contributed by atoms with Gasteiger partial charge in [-0.2, -0.15) is 0 Å². The molecule has 0 aliphatic rings. The molecule has 0 bridgehead atoms. The number of carbonyl (C=O) groups is 1. The van der Waals surface area contributed by atoms with Gasteiger partial charge in [-0.05, 0) is 53.3 Å². The second kappa shape index (κ2) is 8.49. The minimum Gasteiger partial charge on any atom is -0.492 e. The Morgan fingerprint density at radius 1 is 1.22 bits per heavy atom. The van der Waals surface area contributed by atoms with Crippen molar-refractivity contribution in [2.75, 3.05) is 40.8 Å². The van der Waals surface area contributed by atoms with Crippen LogP contribution in [-0.4, -0.2) is 71.5 Å². The lowest BCUT2D eigenvalue weighted by Gasteiger charge is -2.19. The zero-order valence-corrected chi connectivity index (χ0v) is 17.2. The van der Waals surface area contributed by atoms with Crippen LogP contribution in [0.15, 0.2) is 41.0 Å². The number of hydrogen-bond donors (Lipinski definition) is 1. The zero-order valence-electron chi connectivity index (χ0n) is 15.6. The Morgan fingerprint density at radius 2 is 1.96 bits per heavy atom. The van der Waals surface area contributed by atoms with Gasteiger partial charge in [0.1, 0.15) is 18.2 Å². The molecule has 8 heteroatoms. The lowest BCUT2D eigenvalue weighted by atomic mass is 10.2. The number of nitrogens with zero attached hydrogens (tertiary/aromatic N) is 4. The number of hydrogen-bond acceptors (Lipinski definition) is 5. The Morgan fingerprint density at radius 3 is 2.67 bits per heavy atom. The molecule has 0 saturated heterocycles. The number of aromatic nitrogens is 3. The highest BCUT2D eigenvalue weighted by Crippen LogP contribution is 2.23. The predicted molar refractivity (Wildman–Crippen MR) is 109 cm³/mol. The van der Waals surface area contributed by atoms with E-state index in [0.717, 1.165) is 27.1 Å². The third-order valence-electron chi connectivity index (χ3n) is 4.08. The molecule has 0 saturated carbocycles. The van der Waals surface area contributed by atoms with Crippen LogP contribution < -0.4 is 4.74 Å². The molecule has 1 amide bonds. The summed E-state index contributed by atoms with van der Waals surface area (Å²) in [7, 11) is 5.41. The summed E-state index contributed by atoms with van der Waals surface area (Å²) in [4.78, 5) is 27.3. The molecule has 7 nitrogen and oxygen atoms in total. The highest BCUT2D eigenvalue weighted by Gasteiger charge is 2.09. The van der Waals surface area contributed by atoms with Gasteiger partial charge in [-0.3, -0.25) is 9.69 Å². The number of halogens is 1. The van der Waals surface area contributed by atoms with E-state index in [9.17, 15) is 4.79 Å². The number of imidazole rings is 1. The summed E-state index contributed by atoms with van der Waals surface area (Å²) in [5, 5.41) is 0. The molecule has 142 valence electrons. The number of aromatic amines is 1. The van der Waals surface area contributed by atoms with Crippen molar-refractivity contribution in [3.05, 3.63) is 41.0 Å². The van der Waals surface area contributed by atoms with E-state index in [4.69, 9.17) is 4.74 Å². The first-order valence-corrected chi connectivity index (χ1v) is 9.35. The molecule has 0 fully saturated rings. The van der Waals surface area contributed by atoms with Gasteiger partial charge in [0.25, 0.3) is 0 Å². The fourth-order valence-corrected chi connectivity index (χ4v) is 2.82. The van der Waals surface area contributed by atoms with Crippen molar-refractivity contribution in [1.82, 2.24) is 24.8 Å². The summed E-state index contributed by atoms with van der Waals surface area (Å²) in [5.74, 6) is 1.63. The minimum absolute atomic E-state index is 0.0780. The Bertz CT molecular complexity index is 923. The van der Waals surface area contributed by atoms with Gasteiger partial charge in [0.05, 0.1) is 12.1 Å². The van der Waals surface area contributed by atoms with Crippen molar-refractivity contribution >= 4 is 33.0 Å². The van der Waals surface area contributed by atoms with Crippen molar-refractivity contribution in [1.29, 1.82) is 0 Å². The van der Waals surface area contributed by atoms with E-state index in [0.29, 0.717) is 25.3 Å². The normalized spacial score (nSPS) is 11.1. The smallest absolute Gasteiger partial charge is 0.236 e. The first-order valence-electron chi connectivity index (χ1n) is 8.55. The zero-order chi connectivity index (χ0) is 19.4. The van der Waals surface area contributed by atoms with E-state index in [2.05, 4.69) is 30.9 Å². The number of rotatable bonds is 7. The molecule has 1 aromatic carbocycles. The van der Waals surface area contributed by atoms with Gasteiger partial charge in [0.15, 0.2) is 5.65 Å². The van der Waals surface area contributed by atoms with Crippen LogP contribution in [0.3, 0.4) is 0 Å². The van der Waals surface area contributed by atoms with Gasteiger partial charge >= 0.3 is 0 Å². The molecule has 3 aromatic rings. The molecule has 0 aliphatic carbocycles. The van der Waals surface area contributed by atoms with E-state index in [1.165, 1.54) is 0 Å². The van der Waals surface area contributed by atoms with Crippen molar-refractivity contribution in [2.45, 2.75) is 0 Å². The second-order valence-electron chi connectivity index (χ2n) is 6.51. The van der Waals surface area contributed by atoms with Gasteiger partial charge in [0, 0.05) is 36.9 Å². The number of nitrogens with one attached hydrogen (secondary N) is 1. The Labute approximate surface area is 166 Å². The SMILES string of the molecule is CN(CCOc1ccc(-c2nc3ncc(Br)cc3[nH]2)cc1)CC(=O)N(C)C. The number of likely N-dealkylation sites (N-methyl/N-ethyl adjacent to an activating group) is 2. The molecule has 0 spiro atoms. The van der Waals surface area contributed by atoms with Crippen molar-refractivity contribution in [2.24, 2.45) is 0 Å². The van der Waals surface area contributed by atoms with Crippen LogP contribution in [0, 0.1) is 0 Å².